The van der Waals surface area contributed by atoms with Gasteiger partial charge in [-0.15, -0.1) is 12.4 Å². The minimum atomic E-state index is -0.550. The van der Waals surface area contributed by atoms with E-state index in [4.69, 9.17) is 11.5 Å². The van der Waals surface area contributed by atoms with E-state index in [1.165, 1.54) is 0 Å². The summed E-state index contributed by atoms with van der Waals surface area (Å²) < 4.78 is 0. The van der Waals surface area contributed by atoms with Gasteiger partial charge in [-0.2, -0.15) is 11.8 Å². The van der Waals surface area contributed by atoms with Gasteiger partial charge >= 0.3 is 0 Å². The highest BCUT2D eigenvalue weighted by Gasteiger charge is 2.14. The van der Waals surface area contributed by atoms with Gasteiger partial charge in [-0.3, -0.25) is 9.59 Å². The van der Waals surface area contributed by atoms with Gasteiger partial charge in [-0.25, -0.2) is 0 Å². The maximum Gasteiger partial charge on any atom is 0.249 e. The number of benzene rings is 1. The van der Waals surface area contributed by atoms with Crippen LogP contribution in [0.15, 0.2) is 18.2 Å². The lowest BCUT2D eigenvalue weighted by Gasteiger charge is -2.12. The molecule has 0 unspecified atom stereocenters. The highest BCUT2D eigenvalue weighted by atomic mass is 35.5. The van der Waals surface area contributed by atoms with Gasteiger partial charge in [0.15, 0.2) is 0 Å². The molecule has 0 saturated carbocycles. The van der Waals surface area contributed by atoms with Gasteiger partial charge in [0, 0.05) is 11.3 Å². The molecule has 1 aromatic carbocycles. The van der Waals surface area contributed by atoms with Crippen LogP contribution in [0.5, 0.6) is 0 Å². The fraction of sp³-hybridized carbons (Fsp3) is 0.385. The molecular formula is C13H20ClN3O2S. The molecule has 5 nitrogen and oxygen atoms in total. The van der Waals surface area contributed by atoms with E-state index in [0.717, 1.165) is 11.3 Å². The molecule has 0 aliphatic heterocycles. The normalized spacial score (nSPS) is 11.3. The number of aryl methyl sites for hydroxylation is 1. The predicted octanol–water partition coefficient (Wildman–Crippen LogP) is 1.53. The summed E-state index contributed by atoms with van der Waals surface area (Å²) in [6, 6.07) is 4.48. The van der Waals surface area contributed by atoms with E-state index in [9.17, 15) is 9.59 Å². The van der Waals surface area contributed by atoms with E-state index < -0.39 is 11.9 Å². The summed E-state index contributed by atoms with van der Waals surface area (Å²) in [7, 11) is 0. The van der Waals surface area contributed by atoms with Gasteiger partial charge < -0.3 is 16.8 Å². The highest BCUT2D eigenvalue weighted by molar-refractivity contribution is 7.98. The zero-order valence-corrected chi connectivity index (χ0v) is 13.1. The first-order valence-corrected chi connectivity index (χ1v) is 7.31. The Hall–Kier alpha value is -1.24. The Morgan fingerprint density at radius 3 is 2.60 bits per heavy atom. The van der Waals surface area contributed by atoms with Crippen LogP contribution < -0.4 is 16.8 Å². The Bertz CT molecular complexity index is 483. The molecule has 0 saturated heterocycles. The molecule has 2 amide bonds. The average Bonchev–Trinajstić information content (AvgIpc) is 2.37. The summed E-state index contributed by atoms with van der Waals surface area (Å²) >= 11 is 1.64. The van der Waals surface area contributed by atoms with Gasteiger partial charge in [0.2, 0.25) is 11.8 Å². The summed E-state index contributed by atoms with van der Waals surface area (Å²) in [6.45, 7) is 1.79. The van der Waals surface area contributed by atoms with Crippen LogP contribution in [0.1, 0.15) is 22.3 Å². The van der Waals surface area contributed by atoms with Crippen molar-refractivity contribution >= 4 is 41.7 Å². The largest absolute Gasteiger partial charge is 0.366 e. The minimum Gasteiger partial charge on any atom is -0.366 e. The first-order valence-electron chi connectivity index (χ1n) is 5.91. The van der Waals surface area contributed by atoms with Crippen molar-refractivity contribution in [1.82, 2.24) is 0 Å². The monoisotopic (exact) mass is 317 g/mol. The number of nitrogens with one attached hydrogen (secondary N) is 1. The fourth-order valence-corrected chi connectivity index (χ4v) is 2.07. The Balaban J connectivity index is 0.00000361. The maximum absolute atomic E-state index is 11.8. The third kappa shape index (κ3) is 5.40. The van der Waals surface area contributed by atoms with E-state index in [1.54, 1.807) is 36.9 Å². The molecule has 1 atom stereocenters. The minimum absolute atomic E-state index is 0. The Morgan fingerprint density at radius 1 is 1.40 bits per heavy atom. The summed E-state index contributed by atoms with van der Waals surface area (Å²) in [6.07, 6.45) is 2.57. The lowest BCUT2D eigenvalue weighted by molar-refractivity contribution is -0.117. The molecule has 7 heteroatoms. The topological polar surface area (TPSA) is 98.2 Å². The summed E-state index contributed by atoms with van der Waals surface area (Å²) in [4.78, 5) is 23.0. The van der Waals surface area contributed by atoms with Crippen LogP contribution >= 0.6 is 24.2 Å². The van der Waals surface area contributed by atoms with E-state index in [2.05, 4.69) is 5.32 Å². The number of carbonyl (C=O) groups excluding carboxylic acids is 2. The van der Waals surface area contributed by atoms with Crippen molar-refractivity contribution in [3.05, 3.63) is 29.3 Å². The number of rotatable bonds is 6. The molecule has 112 valence electrons. The zero-order chi connectivity index (χ0) is 14.4. The van der Waals surface area contributed by atoms with Crippen molar-refractivity contribution in [3.8, 4) is 0 Å². The molecule has 20 heavy (non-hydrogen) atoms. The molecule has 0 bridgehead atoms. The lowest BCUT2D eigenvalue weighted by atomic mass is 10.1. The fourth-order valence-electron chi connectivity index (χ4n) is 1.58. The van der Waals surface area contributed by atoms with E-state index in [-0.39, 0.29) is 18.3 Å². The van der Waals surface area contributed by atoms with Gasteiger partial charge in [-0.1, -0.05) is 6.07 Å². The molecule has 0 aliphatic carbocycles. The molecule has 0 aromatic heterocycles. The Kier molecular flexibility index (Phi) is 8.29. The highest BCUT2D eigenvalue weighted by Crippen LogP contribution is 2.15. The molecule has 0 heterocycles. The van der Waals surface area contributed by atoms with Crippen molar-refractivity contribution in [2.24, 2.45) is 11.5 Å². The predicted molar refractivity (Wildman–Crippen MR) is 86.5 cm³/mol. The van der Waals surface area contributed by atoms with Crippen LogP contribution in [-0.2, 0) is 4.79 Å². The van der Waals surface area contributed by atoms with Crippen molar-refractivity contribution in [2.45, 2.75) is 19.4 Å². The first kappa shape index (κ1) is 18.8. The molecule has 0 spiro atoms. The van der Waals surface area contributed by atoms with Gasteiger partial charge in [-0.05, 0) is 43.0 Å². The second kappa shape index (κ2) is 8.84. The SMILES string of the molecule is CSCC[C@H](N)C(=O)Nc1ccc(C)c(C(N)=O)c1.Cl. The maximum atomic E-state index is 11.8. The number of primary amides is 1. The van der Waals surface area contributed by atoms with E-state index in [1.807, 2.05) is 6.26 Å². The summed E-state index contributed by atoms with van der Waals surface area (Å²) in [5.74, 6) is 0.0586. The van der Waals surface area contributed by atoms with Crippen LogP contribution in [0, 0.1) is 6.92 Å². The summed E-state index contributed by atoms with van der Waals surface area (Å²) in [5.41, 5.74) is 12.7. The van der Waals surface area contributed by atoms with Crippen molar-refractivity contribution in [3.63, 3.8) is 0 Å². The standard InChI is InChI=1S/C13H19N3O2S.ClH/c1-8-3-4-9(7-10(8)12(15)17)16-13(18)11(14)5-6-19-2;/h3-4,7,11H,5-6,14H2,1-2H3,(H2,15,17)(H,16,18);1H/t11-;/m0./s1. The molecular weight excluding hydrogens is 298 g/mol. The van der Waals surface area contributed by atoms with Crippen molar-refractivity contribution < 1.29 is 9.59 Å². The number of carbonyl (C=O) groups is 2. The molecule has 0 radical (unpaired) electrons. The second-order valence-corrected chi connectivity index (χ2v) is 5.26. The smallest absolute Gasteiger partial charge is 0.249 e. The van der Waals surface area contributed by atoms with E-state index in [0.29, 0.717) is 17.7 Å². The van der Waals surface area contributed by atoms with E-state index >= 15 is 0 Å². The first-order chi connectivity index (χ1) is 8.95. The van der Waals surface area contributed by atoms with Crippen LogP contribution in [0.25, 0.3) is 0 Å². The van der Waals surface area contributed by atoms with Crippen molar-refractivity contribution in [1.29, 1.82) is 0 Å². The quantitative estimate of drug-likeness (QED) is 0.741. The zero-order valence-electron chi connectivity index (χ0n) is 11.5. The average molecular weight is 318 g/mol. The third-order valence-electron chi connectivity index (χ3n) is 2.74. The van der Waals surface area contributed by atoms with Crippen LogP contribution in [-0.4, -0.2) is 29.9 Å². The molecule has 5 N–H and O–H groups in total. The molecule has 0 fully saturated rings. The van der Waals surface area contributed by atoms with Gasteiger partial charge in [0.05, 0.1) is 6.04 Å². The summed E-state index contributed by atoms with van der Waals surface area (Å²) in [5, 5.41) is 2.69. The number of hydrogen-bond donors (Lipinski definition) is 3. The van der Waals surface area contributed by atoms with Crippen LogP contribution in [0.3, 0.4) is 0 Å². The number of anilines is 1. The third-order valence-corrected chi connectivity index (χ3v) is 3.38. The molecule has 1 rings (SSSR count). The Labute approximate surface area is 129 Å². The number of thioether (sulfide) groups is 1. The number of hydrogen-bond acceptors (Lipinski definition) is 4. The second-order valence-electron chi connectivity index (χ2n) is 4.27. The number of halogens is 1. The van der Waals surface area contributed by atoms with Crippen LogP contribution in [0.4, 0.5) is 5.69 Å². The van der Waals surface area contributed by atoms with Crippen LogP contribution in [0.2, 0.25) is 0 Å². The number of amides is 2. The molecule has 1 aromatic rings. The van der Waals surface area contributed by atoms with Gasteiger partial charge in [0.25, 0.3) is 0 Å². The van der Waals surface area contributed by atoms with Crippen molar-refractivity contribution in [2.75, 3.05) is 17.3 Å². The Morgan fingerprint density at radius 2 is 2.05 bits per heavy atom. The molecule has 0 aliphatic rings. The number of nitrogens with two attached hydrogens (primary N) is 2. The lowest BCUT2D eigenvalue weighted by Crippen LogP contribution is -2.36. The van der Waals surface area contributed by atoms with Gasteiger partial charge in [0.1, 0.15) is 0 Å².